The van der Waals surface area contributed by atoms with Gasteiger partial charge in [-0.1, -0.05) is 54.6 Å². The largest absolute Gasteiger partial charge is 0.496 e. The lowest BCUT2D eigenvalue weighted by atomic mass is 10.0. The molecule has 0 saturated heterocycles. The lowest BCUT2D eigenvalue weighted by Gasteiger charge is -2.11. The summed E-state index contributed by atoms with van der Waals surface area (Å²) >= 11 is 0. The molecule has 1 heterocycles. The van der Waals surface area contributed by atoms with Gasteiger partial charge in [-0.05, 0) is 37.1 Å². The minimum absolute atomic E-state index is 0.135. The molecule has 0 bridgehead atoms. The molecule has 0 unspecified atom stereocenters. The predicted octanol–water partition coefficient (Wildman–Crippen LogP) is 4.75. The van der Waals surface area contributed by atoms with E-state index in [1.165, 1.54) is 0 Å². The SMILES string of the molecule is COc1ccccc1CCNC(=O)c1cccc2c(=O)c(C)c(-c3ccccc3)oc12. The number of carbonyl (C=O) groups is 1. The van der Waals surface area contributed by atoms with Gasteiger partial charge in [-0.2, -0.15) is 0 Å². The zero-order valence-corrected chi connectivity index (χ0v) is 17.5. The summed E-state index contributed by atoms with van der Waals surface area (Å²) < 4.78 is 11.5. The maximum absolute atomic E-state index is 13.0. The van der Waals surface area contributed by atoms with Gasteiger partial charge in [0.15, 0.2) is 11.0 Å². The summed E-state index contributed by atoms with van der Waals surface area (Å²) in [6.45, 7) is 2.17. The van der Waals surface area contributed by atoms with Crippen molar-refractivity contribution >= 4 is 16.9 Å². The first-order valence-corrected chi connectivity index (χ1v) is 10.1. The number of rotatable bonds is 6. The second-order valence-electron chi connectivity index (χ2n) is 7.25. The summed E-state index contributed by atoms with van der Waals surface area (Å²) in [5, 5.41) is 3.33. The van der Waals surface area contributed by atoms with Crippen LogP contribution in [-0.4, -0.2) is 19.6 Å². The standard InChI is InChI=1S/C26H23NO4/c1-17-23(28)20-12-8-13-21(25(20)31-24(17)19-10-4-3-5-11-19)26(29)27-16-15-18-9-6-7-14-22(18)30-2/h3-14H,15-16H2,1-2H3,(H,27,29). The van der Waals surface area contributed by atoms with Gasteiger partial charge in [0.1, 0.15) is 11.5 Å². The highest BCUT2D eigenvalue weighted by Gasteiger charge is 2.18. The lowest BCUT2D eigenvalue weighted by molar-refractivity contribution is 0.0954. The van der Waals surface area contributed by atoms with E-state index in [0.29, 0.717) is 40.8 Å². The van der Waals surface area contributed by atoms with Gasteiger partial charge in [0.05, 0.1) is 18.1 Å². The number of hydrogen-bond acceptors (Lipinski definition) is 4. The van der Waals surface area contributed by atoms with Gasteiger partial charge in [0.2, 0.25) is 0 Å². The van der Waals surface area contributed by atoms with Gasteiger partial charge in [0.25, 0.3) is 5.91 Å². The van der Waals surface area contributed by atoms with Crippen LogP contribution in [0.2, 0.25) is 0 Å². The zero-order chi connectivity index (χ0) is 21.8. The molecule has 156 valence electrons. The Morgan fingerprint density at radius 1 is 0.968 bits per heavy atom. The van der Waals surface area contributed by atoms with Crippen molar-refractivity contribution < 1.29 is 13.9 Å². The molecule has 4 aromatic rings. The molecule has 0 aliphatic heterocycles. The van der Waals surface area contributed by atoms with Crippen LogP contribution in [0.15, 0.2) is 82.0 Å². The lowest BCUT2D eigenvalue weighted by Crippen LogP contribution is -2.26. The van der Waals surface area contributed by atoms with Crippen molar-refractivity contribution in [3.63, 3.8) is 0 Å². The van der Waals surface area contributed by atoms with E-state index in [9.17, 15) is 9.59 Å². The van der Waals surface area contributed by atoms with Crippen LogP contribution in [0.5, 0.6) is 5.75 Å². The molecule has 0 fully saturated rings. The molecule has 4 rings (SSSR count). The normalized spacial score (nSPS) is 10.8. The number of methoxy groups -OCH3 is 1. The molecule has 5 nitrogen and oxygen atoms in total. The number of fused-ring (bicyclic) bond motifs is 1. The van der Waals surface area contributed by atoms with Crippen molar-refractivity contribution in [3.8, 4) is 17.1 Å². The molecule has 0 aliphatic carbocycles. The van der Waals surface area contributed by atoms with E-state index in [-0.39, 0.29) is 11.3 Å². The van der Waals surface area contributed by atoms with E-state index in [0.717, 1.165) is 16.9 Å². The molecule has 0 radical (unpaired) electrons. The fourth-order valence-corrected chi connectivity index (χ4v) is 3.67. The summed E-state index contributed by atoms with van der Waals surface area (Å²) in [5.41, 5.74) is 2.83. The Hall–Kier alpha value is -3.86. The fraction of sp³-hybridized carbons (Fsp3) is 0.154. The second-order valence-corrected chi connectivity index (χ2v) is 7.25. The van der Waals surface area contributed by atoms with E-state index in [2.05, 4.69) is 5.32 Å². The van der Waals surface area contributed by atoms with Gasteiger partial charge in [-0.15, -0.1) is 0 Å². The molecule has 5 heteroatoms. The first-order chi connectivity index (χ1) is 15.1. The highest BCUT2D eigenvalue weighted by molar-refractivity contribution is 6.05. The van der Waals surface area contributed by atoms with Crippen molar-refractivity contribution in [1.82, 2.24) is 5.32 Å². The van der Waals surface area contributed by atoms with Gasteiger partial charge in [-0.25, -0.2) is 0 Å². The molecule has 3 aromatic carbocycles. The Labute approximate surface area is 180 Å². The highest BCUT2D eigenvalue weighted by atomic mass is 16.5. The van der Waals surface area contributed by atoms with Crippen LogP contribution in [-0.2, 0) is 6.42 Å². The molecular formula is C26H23NO4. The van der Waals surface area contributed by atoms with Crippen molar-refractivity contribution in [3.05, 3.63) is 99.7 Å². The average Bonchev–Trinajstić information content (AvgIpc) is 2.81. The minimum Gasteiger partial charge on any atom is -0.496 e. The molecule has 31 heavy (non-hydrogen) atoms. The van der Waals surface area contributed by atoms with Crippen molar-refractivity contribution in [2.75, 3.05) is 13.7 Å². The van der Waals surface area contributed by atoms with Gasteiger partial charge < -0.3 is 14.5 Å². The Morgan fingerprint density at radius 3 is 2.48 bits per heavy atom. The van der Waals surface area contributed by atoms with Crippen LogP contribution < -0.4 is 15.5 Å². The Bertz CT molecular complexity index is 1290. The number of amides is 1. The van der Waals surface area contributed by atoms with Gasteiger partial charge in [-0.3, -0.25) is 9.59 Å². The molecule has 1 aromatic heterocycles. The Kier molecular flexibility index (Phi) is 5.85. The highest BCUT2D eigenvalue weighted by Crippen LogP contribution is 2.27. The topological polar surface area (TPSA) is 68.5 Å². The number of nitrogens with one attached hydrogen (secondary N) is 1. The first kappa shape index (κ1) is 20.4. The molecule has 0 saturated carbocycles. The molecular weight excluding hydrogens is 390 g/mol. The van der Waals surface area contributed by atoms with E-state index >= 15 is 0 Å². The summed E-state index contributed by atoms with van der Waals surface area (Å²) in [6, 6.07) is 22.2. The molecule has 0 aliphatic rings. The Morgan fingerprint density at radius 2 is 1.71 bits per heavy atom. The van der Waals surface area contributed by atoms with Crippen molar-refractivity contribution in [2.45, 2.75) is 13.3 Å². The van der Waals surface area contributed by atoms with Crippen LogP contribution in [0.3, 0.4) is 0 Å². The second kappa shape index (κ2) is 8.88. The van der Waals surface area contributed by atoms with E-state index in [1.54, 1.807) is 32.2 Å². The van der Waals surface area contributed by atoms with Crippen LogP contribution in [0.1, 0.15) is 21.5 Å². The molecule has 0 atom stereocenters. The third-order valence-corrected chi connectivity index (χ3v) is 5.30. The number of para-hydroxylation sites is 2. The summed E-state index contributed by atoms with van der Waals surface area (Å²) in [6.07, 6.45) is 0.624. The van der Waals surface area contributed by atoms with Gasteiger partial charge in [0, 0.05) is 17.7 Å². The van der Waals surface area contributed by atoms with Crippen molar-refractivity contribution in [1.29, 1.82) is 0 Å². The summed E-state index contributed by atoms with van der Waals surface area (Å²) in [7, 11) is 1.63. The van der Waals surface area contributed by atoms with E-state index in [4.69, 9.17) is 9.15 Å². The molecule has 1 amide bonds. The smallest absolute Gasteiger partial charge is 0.255 e. The molecule has 1 N–H and O–H groups in total. The minimum atomic E-state index is -0.286. The summed E-state index contributed by atoms with van der Waals surface area (Å²) in [4.78, 5) is 25.9. The monoisotopic (exact) mass is 413 g/mol. The third-order valence-electron chi connectivity index (χ3n) is 5.30. The number of benzene rings is 3. The van der Waals surface area contributed by atoms with Crippen LogP contribution >= 0.6 is 0 Å². The quantitative estimate of drug-likeness (QED) is 0.495. The van der Waals surface area contributed by atoms with Crippen LogP contribution in [0.4, 0.5) is 0 Å². The number of hydrogen-bond donors (Lipinski definition) is 1. The van der Waals surface area contributed by atoms with E-state index < -0.39 is 0 Å². The number of ether oxygens (including phenoxy) is 1. The number of carbonyl (C=O) groups excluding carboxylic acids is 1. The van der Waals surface area contributed by atoms with Crippen LogP contribution in [0.25, 0.3) is 22.3 Å². The Balaban J connectivity index is 1.65. The summed E-state index contributed by atoms with van der Waals surface area (Å²) in [5.74, 6) is 0.981. The first-order valence-electron chi connectivity index (χ1n) is 10.1. The van der Waals surface area contributed by atoms with E-state index in [1.807, 2.05) is 54.6 Å². The van der Waals surface area contributed by atoms with Gasteiger partial charge >= 0.3 is 0 Å². The fourth-order valence-electron chi connectivity index (χ4n) is 3.67. The molecule has 0 spiro atoms. The maximum atomic E-state index is 13.0. The predicted molar refractivity (Wildman–Crippen MR) is 122 cm³/mol. The zero-order valence-electron chi connectivity index (χ0n) is 17.5. The average molecular weight is 413 g/mol. The van der Waals surface area contributed by atoms with Crippen molar-refractivity contribution in [2.24, 2.45) is 0 Å². The third kappa shape index (κ3) is 4.08. The van der Waals surface area contributed by atoms with Crippen LogP contribution in [0, 0.1) is 6.92 Å². The maximum Gasteiger partial charge on any atom is 0.255 e.